The lowest BCUT2D eigenvalue weighted by Crippen LogP contribution is -2.23. The van der Waals surface area contributed by atoms with Crippen molar-refractivity contribution in [3.05, 3.63) is 86.9 Å². The van der Waals surface area contributed by atoms with E-state index in [2.05, 4.69) is 31.2 Å². The van der Waals surface area contributed by atoms with Gasteiger partial charge < -0.3 is 4.52 Å². The lowest BCUT2D eigenvalue weighted by atomic mass is 10.1. The van der Waals surface area contributed by atoms with Gasteiger partial charge in [0.1, 0.15) is 11.6 Å². The summed E-state index contributed by atoms with van der Waals surface area (Å²) in [7, 11) is 0. The molecule has 0 spiro atoms. The molecule has 2 aromatic carbocycles. The zero-order valence-electron chi connectivity index (χ0n) is 14.8. The Morgan fingerprint density at radius 2 is 1.76 bits per heavy atom. The van der Waals surface area contributed by atoms with Gasteiger partial charge in [-0.3, -0.25) is 4.79 Å². The second-order valence-electron chi connectivity index (χ2n) is 6.18. The molecule has 0 saturated carbocycles. The molecule has 0 aliphatic heterocycles. The normalized spacial score (nSPS) is 11.0. The van der Waals surface area contributed by atoms with Crippen LogP contribution in [0.2, 0.25) is 0 Å². The van der Waals surface area contributed by atoms with E-state index < -0.39 is 0 Å². The maximum atomic E-state index is 13.4. The highest BCUT2D eigenvalue weighted by Crippen LogP contribution is 2.23. The molecule has 29 heavy (non-hydrogen) atoms. The number of nitrogens with zero attached hydrogens (tertiary/aromatic N) is 4. The van der Waals surface area contributed by atoms with E-state index in [1.807, 2.05) is 0 Å². The van der Waals surface area contributed by atoms with E-state index in [1.165, 1.54) is 28.9 Å². The zero-order chi connectivity index (χ0) is 20.4. The summed E-state index contributed by atoms with van der Waals surface area (Å²) < 4.78 is 33.3. The molecule has 2 aromatic heterocycles. The van der Waals surface area contributed by atoms with Crippen LogP contribution in [0.3, 0.4) is 0 Å². The number of benzene rings is 2. The Kier molecular flexibility index (Phi) is 5.30. The van der Waals surface area contributed by atoms with Gasteiger partial charge in [0.05, 0.1) is 16.7 Å². The van der Waals surface area contributed by atoms with Crippen LogP contribution in [0.15, 0.2) is 68.4 Å². The molecule has 146 valence electrons. The average Bonchev–Trinajstić information content (AvgIpc) is 3.19. The molecule has 6 nitrogen and oxygen atoms in total. The van der Waals surface area contributed by atoms with Crippen LogP contribution in [0, 0.1) is 11.6 Å². The van der Waals surface area contributed by atoms with E-state index in [0.29, 0.717) is 33.0 Å². The predicted octanol–water partition coefficient (Wildman–Crippen LogP) is 4.24. The number of hydrogen-bond acceptors (Lipinski definition) is 5. The first-order valence-electron chi connectivity index (χ1n) is 8.62. The van der Waals surface area contributed by atoms with E-state index in [0.717, 1.165) is 0 Å². The van der Waals surface area contributed by atoms with Gasteiger partial charge in [-0.25, -0.2) is 13.5 Å². The summed E-state index contributed by atoms with van der Waals surface area (Å²) in [5.74, 6) is -0.0891. The standard InChI is InChI=1S/C20H13BrF2N4O2/c21-15-11-13(3-6-16(15)23)20-24-18(29-26-20)9-10-27-19(28)8-7-17(25-27)12-1-4-14(22)5-2-12/h1-8,11H,9-10H2. The molecule has 4 rings (SSSR count). The summed E-state index contributed by atoms with van der Waals surface area (Å²) in [6.45, 7) is 0.225. The van der Waals surface area contributed by atoms with Crippen LogP contribution in [0.1, 0.15) is 5.89 Å². The molecular weight excluding hydrogens is 446 g/mol. The van der Waals surface area contributed by atoms with Gasteiger partial charge in [-0.1, -0.05) is 5.16 Å². The number of rotatable bonds is 5. The van der Waals surface area contributed by atoms with Crippen LogP contribution in [-0.4, -0.2) is 19.9 Å². The van der Waals surface area contributed by atoms with Crippen LogP contribution in [-0.2, 0) is 13.0 Å². The van der Waals surface area contributed by atoms with E-state index in [4.69, 9.17) is 4.52 Å². The molecule has 0 atom stereocenters. The van der Waals surface area contributed by atoms with Gasteiger partial charge in [0.25, 0.3) is 5.56 Å². The van der Waals surface area contributed by atoms with E-state index in [9.17, 15) is 13.6 Å². The fraction of sp³-hybridized carbons (Fsp3) is 0.100. The highest BCUT2D eigenvalue weighted by atomic mass is 79.9. The summed E-state index contributed by atoms with van der Waals surface area (Å²) in [5.41, 5.74) is 1.56. The average molecular weight is 459 g/mol. The molecule has 2 heterocycles. The number of hydrogen-bond donors (Lipinski definition) is 0. The lowest BCUT2D eigenvalue weighted by molar-refractivity contribution is 0.368. The summed E-state index contributed by atoms with van der Waals surface area (Å²) in [6.07, 6.45) is 0.287. The monoisotopic (exact) mass is 458 g/mol. The molecule has 0 saturated heterocycles. The Balaban J connectivity index is 1.51. The van der Waals surface area contributed by atoms with Gasteiger partial charge in [0, 0.05) is 23.6 Å². The third-order valence-electron chi connectivity index (χ3n) is 4.19. The van der Waals surface area contributed by atoms with Crippen molar-refractivity contribution < 1.29 is 13.3 Å². The second kappa shape index (κ2) is 8.04. The first kappa shape index (κ1) is 19.1. The van der Waals surface area contributed by atoms with Gasteiger partial charge in [-0.2, -0.15) is 10.1 Å². The highest BCUT2D eigenvalue weighted by molar-refractivity contribution is 9.10. The van der Waals surface area contributed by atoms with Crippen molar-refractivity contribution in [2.45, 2.75) is 13.0 Å². The third-order valence-corrected chi connectivity index (χ3v) is 4.80. The van der Waals surface area contributed by atoms with Crippen molar-refractivity contribution in [2.24, 2.45) is 0 Å². The quantitative estimate of drug-likeness (QED) is 0.447. The van der Waals surface area contributed by atoms with Crippen molar-refractivity contribution in [1.29, 1.82) is 0 Å². The molecule has 0 aliphatic carbocycles. The topological polar surface area (TPSA) is 73.8 Å². The maximum absolute atomic E-state index is 13.4. The first-order chi connectivity index (χ1) is 14.0. The van der Waals surface area contributed by atoms with Gasteiger partial charge in [-0.05, 0) is 64.5 Å². The Bertz CT molecular complexity index is 1220. The number of halogens is 3. The number of aromatic nitrogens is 4. The SMILES string of the molecule is O=c1ccc(-c2ccc(F)cc2)nn1CCc1nc(-c2ccc(F)c(Br)c2)no1. The summed E-state index contributed by atoms with van der Waals surface area (Å²) in [4.78, 5) is 16.4. The fourth-order valence-electron chi connectivity index (χ4n) is 2.69. The Morgan fingerprint density at radius 3 is 2.52 bits per heavy atom. The van der Waals surface area contributed by atoms with E-state index in [1.54, 1.807) is 30.3 Å². The minimum atomic E-state index is -0.385. The largest absolute Gasteiger partial charge is 0.339 e. The number of aryl methyl sites for hydroxylation is 2. The van der Waals surface area contributed by atoms with Crippen LogP contribution < -0.4 is 5.56 Å². The minimum absolute atomic E-state index is 0.225. The molecular formula is C20H13BrF2N4O2. The molecule has 9 heteroatoms. The van der Waals surface area contributed by atoms with Crippen LogP contribution >= 0.6 is 15.9 Å². The molecule has 0 amide bonds. The Hall–Kier alpha value is -3.20. The first-order valence-corrected chi connectivity index (χ1v) is 9.41. The van der Waals surface area contributed by atoms with Crippen molar-refractivity contribution in [1.82, 2.24) is 19.9 Å². The molecule has 0 radical (unpaired) electrons. The van der Waals surface area contributed by atoms with Crippen molar-refractivity contribution in [3.63, 3.8) is 0 Å². The smallest absolute Gasteiger partial charge is 0.266 e. The van der Waals surface area contributed by atoms with Gasteiger partial charge in [0.2, 0.25) is 11.7 Å². The predicted molar refractivity (Wildman–Crippen MR) is 105 cm³/mol. The van der Waals surface area contributed by atoms with Crippen molar-refractivity contribution in [2.75, 3.05) is 0 Å². The Morgan fingerprint density at radius 1 is 1.00 bits per heavy atom. The molecule has 0 bridgehead atoms. The fourth-order valence-corrected chi connectivity index (χ4v) is 3.07. The summed E-state index contributed by atoms with van der Waals surface area (Å²) in [6, 6.07) is 13.3. The lowest BCUT2D eigenvalue weighted by Gasteiger charge is -2.06. The van der Waals surface area contributed by atoms with Crippen molar-refractivity contribution in [3.8, 4) is 22.6 Å². The van der Waals surface area contributed by atoms with Gasteiger partial charge >= 0.3 is 0 Å². The van der Waals surface area contributed by atoms with Crippen LogP contribution in [0.4, 0.5) is 8.78 Å². The van der Waals surface area contributed by atoms with E-state index in [-0.39, 0.29) is 30.2 Å². The maximum Gasteiger partial charge on any atom is 0.266 e. The third kappa shape index (κ3) is 4.29. The van der Waals surface area contributed by atoms with E-state index >= 15 is 0 Å². The molecule has 0 N–H and O–H groups in total. The molecule has 0 fully saturated rings. The molecule has 0 aliphatic rings. The van der Waals surface area contributed by atoms with Crippen LogP contribution in [0.5, 0.6) is 0 Å². The van der Waals surface area contributed by atoms with Crippen LogP contribution in [0.25, 0.3) is 22.6 Å². The van der Waals surface area contributed by atoms with Gasteiger partial charge in [0.15, 0.2) is 0 Å². The zero-order valence-corrected chi connectivity index (χ0v) is 16.4. The summed E-state index contributed by atoms with van der Waals surface area (Å²) >= 11 is 3.12. The van der Waals surface area contributed by atoms with Gasteiger partial charge in [-0.15, -0.1) is 0 Å². The molecule has 4 aromatic rings. The molecule has 0 unspecified atom stereocenters. The Labute approximate surface area is 171 Å². The highest BCUT2D eigenvalue weighted by Gasteiger charge is 2.12. The van der Waals surface area contributed by atoms with Crippen molar-refractivity contribution >= 4 is 15.9 Å². The minimum Gasteiger partial charge on any atom is -0.339 e. The second-order valence-corrected chi connectivity index (χ2v) is 7.03. The summed E-state index contributed by atoms with van der Waals surface area (Å²) in [5, 5.41) is 8.21.